The van der Waals surface area contributed by atoms with Crippen LogP contribution >= 0.6 is 0 Å². The van der Waals surface area contributed by atoms with Crippen LogP contribution in [0.15, 0.2) is 0 Å². The molecule has 0 spiro atoms. The molecule has 108 valence electrons. The van der Waals surface area contributed by atoms with E-state index in [1.165, 1.54) is 0 Å². The zero-order chi connectivity index (χ0) is 14.2. The van der Waals surface area contributed by atoms with E-state index in [2.05, 4.69) is 50.1 Å². The molecule has 0 radical (unpaired) electrons. The quantitative estimate of drug-likeness (QED) is 0.483. The summed E-state index contributed by atoms with van der Waals surface area (Å²) >= 11 is 0. The summed E-state index contributed by atoms with van der Waals surface area (Å²) in [5.74, 6) is 4.85. The minimum atomic E-state index is -0.166. The van der Waals surface area contributed by atoms with E-state index in [0.717, 1.165) is 12.8 Å². The van der Waals surface area contributed by atoms with Gasteiger partial charge >= 0.3 is 6.03 Å². The fourth-order valence-corrected chi connectivity index (χ4v) is 1.39. The van der Waals surface area contributed by atoms with Crippen LogP contribution in [0.2, 0.25) is 0 Å². The molecule has 0 fully saturated rings. The minimum Gasteiger partial charge on any atom is -0.338 e. The summed E-state index contributed by atoms with van der Waals surface area (Å²) in [6, 6.07) is -0.166. The van der Waals surface area contributed by atoms with Crippen molar-refractivity contribution in [3.05, 3.63) is 0 Å². The van der Waals surface area contributed by atoms with Gasteiger partial charge in [-0.2, -0.15) is 0 Å². The highest BCUT2D eigenvalue weighted by atomic mass is 16.6. The van der Waals surface area contributed by atoms with Crippen molar-refractivity contribution in [2.45, 2.75) is 47.5 Å². The van der Waals surface area contributed by atoms with Crippen molar-refractivity contribution in [3.8, 4) is 0 Å². The topological polar surface area (TPSA) is 76.4 Å². The van der Waals surface area contributed by atoms with Gasteiger partial charge in [0.05, 0.1) is 6.61 Å². The van der Waals surface area contributed by atoms with E-state index in [1.54, 1.807) is 0 Å². The summed E-state index contributed by atoms with van der Waals surface area (Å²) < 4.78 is 0. The van der Waals surface area contributed by atoms with Crippen LogP contribution in [0.25, 0.3) is 0 Å². The van der Waals surface area contributed by atoms with Gasteiger partial charge in [-0.05, 0) is 23.7 Å². The molecule has 0 aromatic rings. The SMILES string of the molecule is CC(C)(C)C(C)(C)CCCNC(=O)NCCON. The van der Waals surface area contributed by atoms with Gasteiger partial charge in [-0.25, -0.2) is 10.7 Å². The fraction of sp³-hybridized carbons (Fsp3) is 0.923. The molecule has 0 bridgehead atoms. The van der Waals surface area contributed by atoms with Crippen LogP contribution < -0.4 is 16.5 Å². The Hall–Kier alpha value is -0.810. The van der Waals surface area contributed by atoms with Crippen molar-refractivity contribution in [2.24, 2.45) is 16.7 Å². The number of carbonyl (C=O) groups is 1. The molecule has 0 saturated heterocycles. The number of urea groups is 1. The summed E-state index contributed by atoms with van der Waals surface area (Å²) in [7, 11) is 0. The molecule has 18 heavy (non-hydrogen) atoms. The Labute approximate surface area is 111 Å². The van der Waals surface area contributed by atoms with Crippen molar-refractivity contribution in [1.29, 1.82) is 0 Å². The third-order valence-corrected chi connectivity index (χ3v) is 3.80. The van der Waals surface area contributed by atoms with Crippen molar-refractivity contribution in [3.63, 3.8) is 0 Å². The van der Waals surface area contributed by atoms with E-state index < -0.39 is 0 Å². The molecule has 2 amide bonds. The Morgan fingerprint density at radius 1 is 1.11 bits per heavy atom. The average Bonchev–Trinajstić information content (AvgIpc) is 2.23. The van der Waals surface area contributed by atoms with Crippen LogP contribution in [0, 0.1) is 10.8 Å². The third-order valence-electron chi connectivity index (χ3n) is 3.80. The molecule has 0 heterocycles. The summed E-state index contributed by atoms with van der Waals surface area (Å²) in [4.78, 5) is 15.7. The largest absolute Gasteiger partial charge is 0.338 e. The molecule has 5 nitrogen and oxygen atoms in total. The number of hydrogen-bond acceptors (Lipinski definition) is 3. The number of nitrogens with one attached hydrogen (secondary N) is 2. The van der Waals surface area contributed by atoms with Gasteiger partial charge in [-0.1, -0.05) is 34.6 Å². The molecule has 0 aliphatic heterocycles. The van der Waals surface area contributed by atoms with Crippen LogP contribution in [0.3, 0.4) is 0 Å². The molecule has 0 aliphatic carbocycles. The first-order chi connectivity index (χ1) is 8.20. The first-order valence-corrected chi connectivity index (χ1v) is 6.54. The predicted molar refractivity (Wildman–Crippen MR) is 74.0 cm³/mol. The van der Waals surface area contributed by atoms with E-state index in [0.29, 0.717) is 19.7 Å². The Morgan fingerprint density at radius 2 is 1.67 bits per heavy atom. The lowest BCUT2D eigenvalue weighted by atomic mass is 9.67. The summed E-state index contributed by atoms with van der Waals surface area (Å²) in [5.41, 5.74) is 0.534. The Bertz CT molecular complexity index is 247. The number of nitrogens with two attached hydrogens (primary N) is 1. The van der Waals surface area contributed by atoms with Gasteiger partial charge in [-0.15, -0.1) is 0 Å². The Kier molecular flexibility index (Phi) is 7.25. The van der Waals surface area contributed by atoms with E-state index in [1.807, 2.05) is 0 Å². The molecule has 0 atom stereocenters. The zero-order valence-corrected chi connectivity index (χ0v) is 12.4. The van der Waals surface area contributed by atoms with E-state index in [4.69, 9.17) is 5.90 Å². The lowest BCUT2D eigenvalue weighted by Gasteiger charge is -2.39. The maximum Gasteiger partial charge on any atom is 0.314 e. The first kappa shape index (κ1) is 17.2. The molecule has 0 aromatic heterocycles. The monoisotopic (exact) mass is 259 g/mol. The van der Waals surface area contributed by atoms with Crippen LogP contribution in [0.5, 0.6) is 0 Å². The van der Waals surface area contributed by atoms with E-state index in [-0.39, 0.29) is 16.9 Å². The zero-order valence-electron chi connectivity index (χ0n) is 12.4. The van der Waals surface area contributed by atoms with E-state index in [9.17, 15) is 4.79 Å². The molecule has 5 heteroatoms. The summed E-state index contributed by atoms with van der Waals surface area (Å²) in [6.45, 7) is 12.7. The normalized spacial score (nSPS) is 12.3. The van der Waals surface area contributed by atoms with Crippen molar-refractivity contribution in [2.75, 3.05) is 19.7 Å². The van der Waals surface area contributed by atoms with Crippen LogP contribution in [-0.4, -0.2) is 25.7 Å². The molecule has 0 saturated carbocycles. The predicted octanol–water partition coefficient (Wildman–Crippen LogP) is 2.03. The highest BCUT2D eigenvalue weighted by Crippen LogP contribution is 2.41. The van der Waals surface area contributed by atoms with Crippen LogP contribution in [0.1, 0.15) is 47.5 Å². The third kappa shape index (κ3) is 6.81. The number of amides is 2. The Balaban J connectivity index is 3.71. The van der Waals surface area contributed by atoms with Crippen LogP contribution in [-0.2, 0) is 4.84 Å². The first-order valence-electron chi connectivity index (χ1n) is 6.54. The standard InChI is InChI=1S/C13H29N3O2/c1-12(2,3)13(4,5)7-6-8-15-11(17)16-9-10-18-14/h6-10,14H2,1-5H3,(H2,15,16,17). The van der Waals surface area contributed by atoms with Gasteiger partial charge in [0.2, 0.25) is 0 Å². The number of hydrogen-bond donors (Lipinski definition) is 3. The second-order valence-electron chi connectivity index (χ2n) is 6.29. The second-order valence-corrected chi connectivity index (χ2v) is 6.29. The maximum atomic E-state index is 11.3. The molecular formula is C13H29N3O2. The van der Waals surface area contributed by atoms with Crippen molar-refractivity contribution < 1.29 is 9.63 Å². The van der Waals surface area contributed by atoms with Gasteiger partial charge in [0.1, 0.15) is 0 Å². The number of rotatable bonds is 7. The lowest BCUT2D eigenvalue weighted by Crippen LogP contribution is -2.38. The maximum absolute atomic E-state index is 11.3. The molecule has 0 unspecified atom stereocenters. The minimum absolute atomic E-state index is 0.166. The fourth-order valence-electron chi connectivity index (χ4n) is 1.39. The Morgan fingerprint density at radius 3 is 2.17 bits per heavy atom. The number of carbonyl (C=O) groups excluding carboxylic acids is 1. The molecule has 4 N–H and O–H groups in total. The summed E-state index contributed by atoms with van der Waals surface area (Å²) in [5, 5.41) is 5.48. The van der Waals surface area contributed by atoms with Gasteiger partial charge in [0.25, 0.3) is 0 Å². The summed E-state index contributed by atoms with van der Waals surface area (Å²) in [6.07, 6.45) is 2.06. The molecule has 0 rings (SSSR count). The lowest BCUT2D eigenvalue weighted by molar-refractivity contribution is 0.117. The highest BCUT2D eigenvalue weighted by molar-refractivity contribution is 5.73. The second kappa shape index (κ2) is 7.59. The molecule has 0 aromatic carbocycles. The van der Waals surface area contributed by atoms with Gasteiger partial charge < -0.3 is 15.5 Å². The van der Waals surface area contributed by atoms with Gasteiger partial charge in [-0.3, -0.25) is 0 Å². The van der Waals surface area contributed by atoms with Crippen molar-refractivity contribution in [1.82, 2.24) is 10.6 Å². The van der Waals surface area contributed by atoms with E-state index >= 15 is 0 Å². The highest BCUT2D eigenvalue weighted by Gasteiger charge is 2.31. The average molecular weight is 259 g/mol. The van der Waals surface area contributed by atoms with Crippen molar-refractivity contribution >= 4 is 6.03 Å². The van der Waals surface area contributed by atoms with Crippen LogP contribution in [0.4, 0.5) is 4.79 Å². The van der Waals surface area contributed by atoms with Gasteiger partial charge in [0, 0.05) is 13.1 Å². The van der Waals surface area contributed by atoms with Gasteiger partial charge in [0.15, 0.2) is 0 Å². The molecule has 0 aliphatic rings. The molecular weight excluding hydrogens is 230 g/mol. The smallest absolute Gasteiger partial charge is 0.314 e.